The first-order chi connectivity index (χ1) is 17.8. The average Bonchev–Trinajstić information content (AvgIpc) is 3.50. The molecule has 1 fully saturated rings. The predicted molar refractivity (Wildman–Crippen MR) is 136 cm³/mol. The molecule has 37 heavy (non-hydrogen) atoms. The number of nitrogens with zero attached hydrogens (tertiary/aromatic N) is 2. The van der Waals surface area contributed by atoms with E-state index in [9.17, 15) is 18.8 Å². The molecule has 12 heteroatoms. The molecule has 3 aromatic rings. The number of carbonyl (C=O) groups excluding carboxylic acids is 3. The normalized spacial score (nSPS) is 15.1. The highest BCUT2D eigenvalue weighted by atomic mass is 35.5. The number of halogens is 2. The fourth-order valence-electron chi connectivity index (χ4n) is 4.28. The van der Waals surface area contributed by atoms with E-state index in [1.807, 2.05) is 0 Å². The minimum absolute atomic E-state index is 0.0315. The van der Waals surface area contributed by atoms with Crippen molar-refractivity contribution < 1.29 is 28.2 Å². The number of amides is 4. The minimum Gasteiger partial charge on any atom is -0.491 e. The van der Waals surface area contributed by atoms with Gasteiger partial charge in [-0.3, -0.25) is 9.36 Å². The van der Waals surface area contributed by atoms with Crippen LogP contribution >= 0.6 is 11.6 Å². The number of methoxy groups -OCH3 is 1. The van der Waals surface area contributed by atoms with Gasteiger partial charge in [0, 0.05) is 37.3 Å². The molecule has 10 nitrogen and oxygen atoms in total. The number of nitrogens with two attached hydrogens (primary N) is 1. The van der Waals surface area contributed by atoms with E-state index in [1.165, 1.54) is 27.8 Å². The maximum Gasteiger partial charge on any atom is 0.323 e. The molecule has 0 aliphatic carbocycles. The molecule has 2 aromatic carbocycles. The van der Waals surface area contributed by atoms with Crippen molar-refractivity contribution in [3.05, 3.63) is 59.0 Å². The Bertz CT molecular complexity index is 1330. The van der Waals surface area contributed by atoms with Gasteiger partial charge in [0.25, 0.3) is 0 Å². The molecule has 0 spiro atoms. The molecule has 1 aromatic heterocycles. The number of urea groups is 1. The molecule has 4 rings (SSSR count). The van der Waals surface area contributed by atoms with Crippen molar-refractivity contribution in [2.75, 3.05) is 32.2 Å². The molecule has 1 saturated heterocycles. The van der Waals surface area contributed by atoms with Crippen molar-refractivity contribution >= 4 is 46.2 Å². The first kappa shape index (κ1) is 26.2. The molecule has 1 atom stereocenters. The second-order valence-electron chi connectivity index (χ2n) is 8.48. The lowest BCUT2D eigenvalue weighted by atomic mass is 10.1. The van der Waals surface area contributed by atoms with E-state index in [0.717, 1.165) is 0 Å². The lowest BCUT2D eigenvalue weighted by Crippen LogP contribution is -2.47. The van der Waals surface area contributed by atoms with Gasteiger partial charge in [0.2, 0.25) is 5.91 Å². The highest BCUT2D eigenvalue weighted by Crippen LogP contribution is 2.31. The number of aromatic nitrogens is 1. The zero-order chi connectivity index (χ0) is 26.5. The standard InChI is InChI=1S/C25H27ClFN5O5/c1-36-10-11-37-16-7-8-20-17(12-16)19(14-32(20)24(28)34)30-25(35)31-9-3-6-21(31)23(33)29-13-15-4-2-5-18(26)22(15)27/h2,4-5,7-8,12,14,21H,3,6,9-11,13H2,1H3,(H2,28,34)(H,29,33)(H,30,35)/t21-/m0/s1. The molecule has 196 valence electrons. The van der Waals surface area contributed by atoms with Gasteiger partial charge in [-0.05, 0) is 37.1 Å². The van der Waals surface area contributed by atoms with Crippen LogP contribution in [0.15, 0.2) is 42.6 Å². The van der Waals surface area contributed by atoms with Crippen LogP contribution < -0.4 is 21.1 Å². The fourth-order valence-corrected chi connectivity index (χ4v) is 4.47. The van der Waals surface area contributed by atoms with E-state index < -0.39 is 29.8 Å². The van der Waals surface area contributed by atoms with Crippen LogP contribution in [0.2, 0.25) is 5.02 Å². The highest BCUT2D eigenvalue weighted by Gasteiger charge is 2.34. The summed E-state index contributed by atoms with van der Waals surface area (Å²) in [7, 11) is 1.56. The third-order valence-corrected chi connectivity index (χ3v) is 6.40. The summed E-state index contributed by atoms with van der Waals surface area (Å²) >= 11 is 5.81. The second-order valence-corrected chi connectivity index (χ2v) is 8.89. The molecule has 0 unspecified atom stereocenters. The van der Waals surface area contributed by atoms with Gasteiger partial charge in [0.1, 0.15) is 24.2 Å². The van der Waals surface area contributed by atoms with Gasteiger partial charge in [0.05, 0.1) is 22.8 Å². The van der Waals surface area contributed by atoms with Crippen LogP contribution in [0.4, 0.5) is 19.7 Å². The van der Waals surface area contributed by atoms with Crippen molar-refractivity contribution in [3.63, 3.8) is 0 Å². The first-order valence-corrected chi connectivity index (χ1v) is 12.0. The maximum absolute atomic E-state index is 14.2. The third-order valence-electron chi connectivity index (χ3n) is 6.11. The average molecular weight is 532 g/mol. The summed E-state index contributed by atoms with van der Waals surface area (Å²) in [6.07, 6.45) is 2.51. The summed E-state index contributed by atoms with van der Waals surface area (Å²) < 4.78 is 26.0. The molecular formula is C25H27ClFN5O5. The summed E-state index contributed by atoms with van der Waals surface area (Å²) in [4.78, 5) is 39.5. The fraction of sp³-hybridized carbons (Fsp3) is 0.320. The molecule has 1 aliphatic heterocycles. The Morgan fingerprint density at radius 1 is 1.22 bits per heavy atom. The number of rotatable bonds is 8. The molecule has 1 aliphatic rings. The molecule has 0 radical (unpaired) electrons. The van der Waals surface area contributed by atoms with Crippen LogP contribution in [0.25, 0.3) is 10.9 Å². The predicted octanol–water partition coefficient (Wildman–Crippen LogP) is 3.70. The molecule has 0 saturated carbocycles. The summed E-state index contributed by atoms with van der Waals surface area (Å²) in [5, 5.41) is 5.99. The number of hydrogen-bond acceptors (Lipinski definition) is 5. The Morgan fingerprint density at radius 2 is 2.03 bits per heavy atom. The van der Waals surface area contributed by atoms with Crippen molar-refractivity contribution in [1.29, 1.82) is 0 Å². The van der Waals surface area contributed by atoms with Crippen molar-refractivity contribution in [3.8, 4) is 5.75 Å². The van der Waals surface area contributed by atoms with Crippen LogP contribution in [0.5, 0.6) is 5.75 Å². The van der Waals surface area contributed by atoms with Gasteiger partial charge in [-0.1, -0.05) is 23.7 Å². The minimum atomic E-state index is -0.736. The Morgan fingerprint density at radius 3 is 2.78 bits per heavy atom. The Balaban J connectivity index is 1.49. The zero-order valence-corrected chi connectivity index (χ0v) is 20.9. The van der Waals surface area contributed by atoms with E-state index in [1.54, 1.807) is 31.4 Å². The number of hydrogen-bond donors (Lipinski definition) is 3. The van der Waals surface area contributed by atoms with E-state index in [-0.39, 0.29) is 17.1 Å². The highest BCUT2D eigenvalue weighted by molar-refractivity contribution is 6.30. The molecule has 4 N–H and O–H groups in total. The second kappa shape index (κ2) is 11.5. The number of likely N-dealkylation sites (tertiary alicyclic amines) is 1. The number of fused-ring (bicyclic) bond motifs is 1. The molecule has 4 amide bonds. The van der Waals surface area contributed by atoms with E-state index in [4.69, 9.17) is 26.8 Å². The number of benzene rings is 2. The maximum atomic E-state index is 14.2. The van der Waals surface area contributed by atoms with Gasteiger partial charge in [-0.15, -0.1) is 0 Å². The number of nitrogens with one attached hydrogen (secondary N) is 2. The quantitative estimate of drug-likeness (QED) is 0.382. The largest absolute Gasteiger partial charge is 0.491 e. The van der Waals surface area contributed by atoms with Crippen LogP contribution in [0, 0.1) is 5.82 Å². The lowest BCUT2D eigenvalue weighted by molar-refractivity contribution is -0.124. The SMILES string of the molecule is COCCOc1ccc2c(c1)c(NC(=O)N1CCC[C@H]1C(=O)NCc1cccc(Cl)c1F)cn2C(N)=O. The van der Waals surface area contributed by atoms with E-state index >= 15 is 0 Å². The van der Waals surface area contributed by atoms with Gasteiger partial charge in [-0.25, -0.2) is 14.0 Å². The number of carbonyl (C=O) groups is 3. The lowest BCUT2D eigenvalue weighted by Gasteiger charge is -2.24. The zero-order valence-electron chi connectivity index (χ0n) is 20.1. The van der Waals surface area contributed by atoms with Crippen molar-refractivity contribution in [2.45, 2.75) is 25.4 Å². The van der Waals surface area contributed by atoms with E-state index in [2.05, 4.69) is 10.6 Å². The number of primary amides is 1. The van der Waals surface area contributed by atoms with Crippen LogP contribution in [-0.4, -0.2) is 60.3 Å². The smallest absolute Gasteiger partial charge is 0.323 e. The van der Waals surface area contributed by atoms with Gasteiger partial charge in [-0.2, -0.15) is 0 Å². The number of anilines is 1. The van der Waals surface area contributed by atoms with Crippen LogP contribution in [-0.2, 0) is 16.1 Å². The Hall–Kier alpha value is -3.83. The van der Waals surface area contributed by atoms with E-state index in [0.29, 0.717) is 54.9 Å². The Labute approximate surface area is 217 Å². The molecule has 2 heterocycles. The number of ether oxygens (including phenoxy) is 2. The van der Waals surface area contributed by atoms with Gasteiger partial charge < -0.3 is 30.7 Å². The van der Waals surface area contributed by atoms with Crippen molar-refractivity contribution in [1.82, 2.24) is 14.8 Å². The van der Waals surface area contributed by atoms with Crippen molar-refractivity contribution in [2.24, 2.45) is 5.73 Å². The molecular weight excluding hydrogens is 505 g/mol. The Kier molecular flexibility index (Phi) is 8.14. The van der Waals surface area contributed by atoms with Crippen LogP contribution in [0.1, 0.15) is 18.4 Å². The molecule has 0 bridgehead atoms. The van der Waals surface area contributed by atoms with Gasteiger partial charge >= 0.3 is 12.1 Å². The summed E-state index contributed by atoms with van der Waals surface area (Å²) in [5.41, 5.74) is 6.58. The monoisotopic (exact) mass is 531 g/mol. The van der Waals surface area contributed by atoms with Gasteiger partial charge in [0.15, 0.2) is 0 Å². The summed E-state index contributed by atoms with van der Waals surface area (Å²) in [6, 6.07) is 7.63. The first-order valence-electron chi connectivity index (χ1n) is 11.6. The third kappa shape index (κ3) is 5.78. The van der Waals surface area contributed by atoms with Crippen LogP contribution in [0.3, 0.4) is 0 Å². The topological polar surface area (TPSA) is 128 Å². The summed E-state index contributed by atoms with van der Waals surface area (Å²) in [6.45, 7) is 1.01. The summed E-state index contributed by atoms with van der Waals surface area (Å²) in [5.74, 6) is -0.476.